The van der Waals surface area contributed by atoms with Gasteiger partial charge in [-0.1, -0.05) is 13.8 Å². The molecule has 4 heterocycles. The van der Waals surface area contributed by atoms with Crippen molar-refractivity contribution in [2.45, 2.75) is 69.9 Å². The van der Waals surface area contributed by atoms with Crippen LogP contribution in [-0.2, 0) is 44.0 Å². The number of halogens is 3. The fourth-order valence-electron chi connectivity index (χ4n) is 5.77. The van der Waals surface area contributed by atoms with Gasteiger partial charge in [0.25, 0.3) is 5.56 Å². The molecule has 1 saturated heterocycles. The number of nitrogens with one attached hydrogen (secondary N) is 2. The van der Waals surface area contributed by atoms with E-state index in [0.717, 1.165) is 10.9 Å². The number of carbonyl (C=O) groups is 1. The molecule has 1 saturated carbocycles. The van der Waals surface area contributed by atoms with Crippen LogP contribution in [0.4, 0.5) is 19.1 Å². The quantitative estimate of drug-likeness (QED) is 0.120. The number of nitriles is 1. The number of aromatic amines is 1. The van der Waals surface area contributed by atoms with E-state index in [1.165, 1.54) is 18.6 Å². The Bertz CT molecular complexity index is 1920. The van der Waals surface area contributed by atoms with Crippen molar-refractivity contribution in [1.29, 1.82) is 5.26 Å². The van der Waals surface area contributed by atoms with Gasteiger partial charge in [-0.05, 0) is 18.2 Å². The first-order valence-electron chi connectivity index (χ1n) is 15.9. The maximum Gasteiger partial charge on any atom is 0.695 e. The number of imidazole rings is 1. The Morgan fingerprint density at radius 1 is 1.32 bits per heavy atom. The number of aromatic nitrogens is 6. The molecule has 4 N–H and O–H groups in total. The predicted molar refractivity (Wildman–Crippen MR) is 177 cm³/mol. The zero-order valence-corrected chi connectivity index (χ0v) is 30.5. The molecule has 5 rings (SSSR count). The van der Waals surface area contributed by atoms with E-state index in [1.54, 1.807) is 13.8 Å². The maximum atomic E-state index is 14.8. The summed E-state index contributed by atoms with van der Waals surface area (Å²) in [6.07, 6.45) is -8.75. The Hall–Kier alpha value is -3.55. The minimum absolute atomic E-state index is 0.102. The molecule has 25 heteroatoms. The van der Waals surface area contributed by atoms with Crippen molar-refractivity contribution in [2.75, 3.05) is 25.1 Å². The molecule has 3 aromatic heterocycles. The van der Waals surface area contributed by atoms with E-state index in [-0.39, 0.29) is 42.3 Å². The number of hydrogen-bond acceptors (Lipinski definition) is 16. The zero-order valence-electron chi connectivity index (χ0n) is 27.9. The summed E-state index contributed by atoms with van der Waals surface area (Å²) in [5.41, 5.74) is -1.45. The van der Waals surface area contributed by atoms with E-state index in [1.807, 2.05) is 6.07 Å². The lowest BCUT2D eigenvalue weighted by atomic mass is 9.98. The summed E-state index contributed by atoms with van der Waals surface area (Å²) in [6.45, 7) is -3.08. The summed E-state index contributed by atoms with van der Waals surface area (Å²) in [5, 5.41) is 21.6. The lowest BCUT2D eigenvalue weighted by molar-refractivity contribution is -0.203. The van der Waals surface area contributed by atoms with Crippen molar-refractivity contribution >= 4 is 49.8 Å². The number of fused-ring (bicyclic) bond motifs is 1. The smallest absolute Gasteiger partial charge is 0.474 e. The molecule has 288 valence electrons. The van der Waals surface area contributed by atoms with Gasteiger partial charge in [0.05, 0.1) is 44.7 Å². The summed E-state index contributed by atoms with van der Waals surface area (Å²) in [5.74, 6) is -4.41. The number of hydrogen-bond donors (Lipinski definition) is 4. The molecule has 1 aliphatic heterocycles. The zero-order chi connectivity index (χ0) is 38.5. The van der Waals surface area contributed by atoms with E-state index in [9.17, 15) is 37.3 Å². The highest BCUT2D eigenvalue weighted by Gasteiger charge is 2.60. The third-order valence-corrected chi connectivity index (χ3v) is 11.0. The molecule has 0 radical (unpaired) electrons. The molecule has 2 fully saturated rings. The minimum Gasteiger partial charge on any atom is -0.474 e. The van der Waals surface area contributed by atoms with Gasteiger partial charge in [-0.15, -0.1) is 9.42 Å². The van der Waals surface area contributed by atoms with Crippen molar-refractivity contribution in [1.82, 2.24) is 29.5 Å². The van der Waals surface area contributed by atoms with Gasteiger partial charge in [0.2, 0.25) is 17.7 Å². The predicted octanol–water partition coefficient (Wildman–Crippen LogP) is 3.02. The largest absolute Gasteiger partial charge is 0.695 e. The van der Waals surface area contributed by atoms with Gasteiger partial charge < -0.3 is 23.6 Å². The van der Waals surface area contributed by atoms with E-state index < -0.39 is 101 Å². The van der Waals surface area contributed by atoms with E-state index in [4.69, 9.17) is 44.6 Å². The molecule has 2 aliphatic rings. The van der Waals surface area contributed by atoms with E-state index >= 15 is 0 Å². The van der Waals surface area contributed by atoms with Crippen LogP contribution >= 0.6 is 15.0 Å². The number of alkyl halides is 3. The summed E-state index contributed by atoms with van der Waals surface area (Å²) >= 11 is 5.60. The monoisotopic (exact) mass is 809 g/mol. The van der Waals surface area contributed by atoms with Crippen LogP contribution in [0, 0.1) is 29.1 Å². The van der Waals surface area contributed by atoms with Crippen molar-refractivity contribution < 1.29 is 60.1 Å². The molecule has 0 spiro atoms. The lowest BCUT2D eigenvalue weighted by Crippen LogP contribution is -2.41. The minimum atomic E-state index is -5.07. The Balaban J connectivity index is 1.47. The first-order chi connectivity index (χ1) is 25.1. The molecular formula is C28H34F3N8O11P2S+. The SMILES string of the molecule is CC(C)C(=O)Nc1nc2c(ncn2[C@@H]2O[C@H](CO)[C@@H](C(F)(F)F)[C@H]2OP(=S)(OCCC#N)OC[C@H]2C[C@@H](Oc3ccncn3)C[C@@H]2O[P+](=O)O)c(=O)[nH]1. The molecule has 0 bridgehead atoms. The van der Waals surface area contributed by atoms with Crippen LogP contribution in [0.15, 0.2) is 29.7 Å². The van der Waals surface area contributed by atoms with Crippen molar-refractivity contribution in [2.24, 2.45) is 17.8 Å². The first kappa shape index (κ1) is 40.6. The van der Waals surface area contributed by atoms with Crippen LogP contribution in [0.2, 0.25) is 0 Å². The summed E-state index contributed by atoms with van der Waals surface area (Å²) in [7, 11) is -3.09. The van der Waals surface area contributed by atoms with Crippen LogP contribution in [0.3, 0.4) is 0 Å². The van der Waals surface area contributed by atoms with Crippen molar-refractivity contribution in [3.8, 4) is 11.9 Å². The number of aliphatic hydroxyl groups excluding tert-OH is 1. The standard InChI is InChI=1S/C28H33F3N8O11P2S/c1-14(2)24(41)37-27-36-23-21(25(42)38-27)35-13-39(23)26-22(20(28(29,30)31)18(10-40)48-26)50-52(53,45-7-3-5-32)46-11-15-8-16(9-17(15)49-51(43)44)47-19-4-6-33-12-34-19/h4,6,12-18,20,22,26,40H,3,7-11H2,1-2H3,(H2-,36,37,38,41,42,43,44)/p+1/t15-,16-,17+,18-,20-,22-,26-,52?/m1/s1. The molecule has 1 aliphatic carbocycles. The average molecular weight is 810 g/mol. The highest BCUT2D eigenvalue weighted by molar-refractivity contribution is 8.07. The topological polar surface area (TPSA) is 255 Å². The number of amides is 1. The molecule has 0 aromatic carbocycles. The molecule has 2 unspecified atom stereocenters. The van der Waals surface area contributed by atoms with E-state index in [2.05, 4.69) is 30.2 Å². The first-order valence-corrected chi connectivity index (χ1v) is 19.6. The van der Waals surface area contributed by atoms with Gasteiger partial charge in [0.1, 0.15) is 30.6 Å². The van der Waals surface area contributed by atoms with Gasteiger partial charge in [-0.2, -0.15) is 23.4 Å². The van der Waals surface area contributed by atoms with Gasteiger partial charge >= 0.3 is 21.1 Å². The molecule has 9 atom stereocenters. The van der Waals surface area contributed by atoms with Gasteiger partial charge in [-0.25, -0.2) is 15.0 Å². The van der Waals surface area contributed by atoms with Crippen molar-refractivity contribution in [3.63, 3.8) is 0 Å². The number of rotatable bonds is 16. The van der Waals surface area contributed by atoms with Crippen molar-refractivity contribution in [3.05, 3.63) is 35.3 Å². The van der Waals surface area contributed by atoms with Crippen LogP contribution < -0.4 is 15.6 Å². The third-order valence-electron chi connectivity index (χ3n) is 8.20. The number of aliphatic hydroxyl groups is 1. The maximum absolute atomic E-state index is 14.8. The summed E-state index contributed by atoms with van der Waals surface area (Å²) < 4.78 is 91.2. The van der Waals surface area contributed by atoms with Crippen LogP contribution in [0.5, 0.6) is 5.88 Å². The molecular weight excluding hydrogens is 775 g/mol. The number of ether oxygens (including phenoxy) is 2. The number of nitrogens with zero attached hydrogens (tertiary/aromatic N) is 6. The Morgan fingerprint density at radius 2 is 2.09 bits per heavy atom. The Kier molecular flexibility index (Phi) is 13.2. The summed E-state index contributed by atoms with van der Waals surface area (Å²) in [4.78, 5) is 53.0. The fourth-order valence-corrected chi connectivity index (χ4v) is 8.38. The highest BCUT2D eigenvalue weighted by Crippen LogP contribution is 2.58. The second kappa shape index (κ2) is 17.3. The molecule has 19 nitrogen and oxygen atoms in total. The van der Waals surface area contributed by atoms with Crippen LogP contribution in [-0.4, -0.2) is 95.8 Å². The van der Waals surface area contributed by atoms with Crippen LogP contribution in [0.1, 0.15) is 39.3 Å². The molecule has 3 aromatic rings. The number of H-pyrrole nitrogens is 1. The third kappa shape index (κ3) is 9.96. The molecule has 53 heavy (non-hydrogen) atoms. The average Bonchev–Trinajstić information content (AvgIpc) is 3.79. The normalized spacial score (nSPS) is 26.0. The number of anilines is 1. The highest BCUT2D eigenvalue weighted by atomic mass is 32.5. The lowest BCUT2D eigenvalue weighted by Gasteiger charge is -2.31. The Labute approximate surface area is 304 Å². The van der Waals surface area contributed by atoms with Gasteiger partial charge in [-0.3, -0.25) is 29.0 Å². The fraction of sp³-hybridized carbons (Fsp3) is 0.607. The summed E-state index contributed by atoms with van der Waals surface area (Å²) in [6, 6.07) is 3.32. The van der Waals surface area contributed by atoms with Crippen LogP contribution in [0.25, 0.3) is 11.2 Å². The molecule has 1 amide bonds. The Morgan fingerprint density at radius 3 is 2.74 bits per heavy atom. The van der Waals surface area contributed by atoms with E-state index in [0.29, 0.717) is 0 Å². The second-order valence-electron chi connectivity index (χ2n) is 12.2. The number of carbonyl (C=O) groups excluding carboxylic acids is 1. The van der Waals surface area contributed by atoms with Gasteiger partial charge in [0.15, 0.2) is 17.4 Å². The van der Waals surface area contributed by atoms with Gasteiger partial charge in [0, 0.05) is 35.1 Å². The second-order valence-corrected chi connectivity index (χ2v) is 15.8.